The lowest BCUT2D eigenvalue weighted by Crippen LogP contribution is -2.03. The van der Waals surface area contributed by atoms with E-state index in [2.05, 4.69) is 27.0 Å². The molecule has 0 saturated carbocycles. The van der Waals surface area contributed by atoms with E-state index < -0.39 is 5.97 Å². The van der Waals surface area contributed by atoms with E-state index in [9.17, 15) is 4.79 Å². The fourth-order valence-corrected chi connectivity index (χ4v) is 2.67. The second-order valence-electron chi connectivity index (χ2n) is 4.50. The summed E-state index contributed by atoms with van der Waals surface area (Å²) in [6.45, 7) is 2.03. The molecule has 0 aliphatic carbocycles. The SMILES string of the molecule is Cc1cccc(-c2nc(Br)c(CCC(=O)O)n2C)c1. The first kappa shape index (κ1) is 13.8. The molecule has 1 heterocycles. The summed E-state index contributed by atoms with van der Waals surface area (Å²) in [6, 6.07) is 8.09. The number of halogens is 1. The molecular weight excluding hydrogens is 308 g/mol. The Morgan fingerprint density at radius 2 is 2.21 bits per heavy atom. The van der Waals surface area contributed by atoms with Gasteiger partial charge >= 0.3 is 5.97 Å². The zero-order chi connectivity index (χ0) is 14.0. The van der Waals surface area contributed by atoms with E-state index in [0.29, 0.717) is 11.0 Å². The van der Waals surface area contributed by atoms with Crippen molar-refractivity contribution in [2.24, 2.45) is 7.05 Å². The second kappa shape index (κ2) is 5.57. The van der Waals surface area contributed by atoms with Crippen LogP contribution in [0.3, 0.4) is 0 Å². The predicted molar refractivity (Wildman–Crippen MR) is 77.0 cm³/mol. The Bertz CT molecular complexity index is 620. The predicted octanol–water partition coefficient (Wildman–Crippen LogP) is 3.18. The monoisotopic (exact) mass is 322 g/mol. The van der Waals surface area contributed by atoms with E-state index in [1.807, 2.05) is 36.7 Å². The van der Waals surface area contributed by atoms with Crippen LogP contribution < -0.4 is 0 Å². The van der Waals surface area contributed by atoms with E-state index in [1.54, 1.807) is 0 Å². The highest BCUT2D eigenvalue weighted by molar-refractivity contribution is 9.10. The summed E-state index contributed by atoms with van der Waals surface area (Å²) in [5.41, 5.74) is 3.10. The summed E-state index contributed by atoms with van der Waals surface area (Å²) in [5, 5.41) is 8.77. The number of carbonyl (C=O) groups is 1. The molecule has 1 N–H and O–H groups in total. The van der Waals surface area contributed by atoms with Crippen molar-refractivity contribution in [3.8, 4) is 11.4 Å². The molecule has 0 bridgehead atoms. The second-order valence-corrected chi connectivity index (χ2v) is 5.25. The van der Waals surface area contributed by atoms with Crippen molar-refractivity contribution in [3.05, 3.63) is 40.1 Å². The molecule has 1 aromatic carbocycles. The molecule has 0 aliphatic heterocycles. The van der Waals surface area contributed by atoms with E-state index in [0.717, 1.165) is 17.1 Å². The van der Waals surface area contributed by atoms with Gasteiger partial charge in [0, 0.05) is 19.0 Å². The van der Waals surface area contributed by atoms with Crippen LogP contribution in [0.1, 0.15) is 17.7 Å². The fourth-order valence-electron chi connectivity index (χ4n) is 2.04. The van der Waals surface area contributed by atoms with Gasteiger partial charge in [-0.3, -0.25) is 4.79 Å². The Balaban J connectivity index is 2.38. The number of rotatable bonds is 4. The van der Waals surface area contributed by atoms with Crippen molar-refractivity contribution in [2.75, 3.05) is 0 Å². The molecule has 0 spiro atoms. The number of aromatic nitrogens is 2. The zero-order valence-corrected chi connectivity index (χ0v) is 12.4. The molecule has 0 aliphatic rings. The number of imidazole rings is 1. The third-order valence-electron chi connectivity index (χ3n) is 3.02. The van der Waals surface area contributed by atoms with Crippen molar-refractivity contribution in [1.82, 2.24) is 9.55 Å². The van der Waals surface area contributed by atoms with Gasteiger partial charge in [0.15, 0.2) is 0 Å². The lowest BCUT2D eigenvalue weighted by molar-refractivity contribution is -0.136. The minimum atomic E-state index is -0.801. The molecular formula is C14H15BrN2O2. The van der Waals surface area contributed by atoms with Crippen LogP contribution >= 0.6 is 15.9 Å². The topological polar surface area (TPSA) is 55.1 Å². The van der Waals surface area contributed by atoms with Gasteiger partial charge in [-0.15, -0.1) is 0 Å². The van der Waals surface area contributed by atoms with E-state index in [4.69, 9.17) is 5.11 Å². The van der Waals surface area contributed by atoms with Gasteiger partial charge in [-0.1, -0.05) is 23.8 Å². The number of aliphatic carboxylic acids is 1. The quantitative estimate of drug-likeness (QED) is 0.940. The number of hydrogen-bond donors (Lipinski definition) is 1. The fraction of sp³-hybridized carbons (Fsp3) is 0.286. The highest BCUT2D eigenvalue weighted by atomic mass is 79.9. The number of aryl methyl sites for hydroxylation is 1. The van der Waals surface area contributed by atoms with Crippen LogP contribution in [0, 0.1) is 6.92 Å². The number of nitrogens with zero attached hydrogens (tertiary/aromatic N) is 2. The average molecular weight is 323 g/mol. The van der Waals surface area contributed by atoms with Crippen molar-refractivity contribution >= 4 is 21.9 Å². The van der Waals surface area contributed by atoms with Crippen molar-refractivity contribution in [1.29, 1.82) is 0 Å². The first-order valence-corrected chi connectivity index (χ1v) is 6.78. The van der Waals surface area contributed by atoms with E-state index in [1.165, 1.54) is 5.56 Å². The summed E-state index contributed by atoms with van der Waals surface area (Å²) in [7, 11) is 1.91. The average Bonchev–Trinajstić information content (AvgIpc) is 2.62. The van der Waals surface area contributed by atoms with Gasteiger partial charge in [-0.25, -0.2) is 4.98 Å². The van der Waals surface area contributed by atoms with Crippen LogP contribution in [0.25, 0.3) is 11.4 Å². The normalized spacial score (nSPS) is 10.7. The van der Waals surface area contributed by atoms with Gasteiger partial charge in [0.05, 0.1) is 12.1 Å². The molecule has 19 heavy (non-hydrogen) atoms. The Hall–Kier alpha value is -1.62. The molecule has 2 aromatic rings. The highest BCUT2D eigenvalue weighted by Gasteiger charge is 2.15. The number of benzene rings is 1. The van der Waals surface area contributed by atoms with Gasteiger partial charge in [-0.05, 0) is 28.9 Å². The molecule has 100 valence electrons. The minimum absolute atomic E-state index is 0.103. The molecule has 0 fully saturated rings. The minimum Gasteiger partial charge on any atom is -0.481 e. The summed E-state index contributed by atoms with van der Waals surface area (Å²) < 4.78 is 2.66. The maximum atomic E-state index is 10.7. The van der Waals surface area contributed by atoms with Crippen LogP contribution in [-0.2, 0) is 18.3 Å². The number of carboxylic acids is 1. The van der Waals surface area contributed by atoms with Crippen LogP contribution in [0.15, 0.2) is 28.9 Å². The molecule has 0 radical (unpaired) electrons. The summed E-state index contributed by atoms with van der Waals surface area (Å²) in [6.07, 6.45) is 0.566. The van der Waals surface area contributed by atoms with Crippen LogP contribution in [0.2, 0.25) is 0 Å². The van der Waals surface area contributed by atoms with Crippen molar-refractivity contribution < 1.29 is 9.90 Å². The summed E-state index contributed by atoms with van der Waals surface area (Å²) in [5.74, 6) is 0.0427. The molecule has 0 saturated heterocycles. The molecule has 0 amide bonds. The van der Waals surface area contributed by atoms with Gasteiger partial charge in [0.1, 0.15) is 10.4 Å². The Morgan fingerprint density at radius 1 is 1.47 bits per heavy atom. The lowest BCUT2D eigenvalue weighted by atomic mass is 10.1. The number of hydrogen-bond acceptors (Lipinski definition) is 2. The van der Waals surface area contributed by atoms with Crippen LogP contribution in [-0.4, -0.2) is 20.6 Å². The first-order chi connectivity index (χ1) is 8.99. The molecule has 1 aromatic heterocycles. The first-order valence-electron chi connectivity index (χ1n) is 5.99. The van der Waals surface area contributed by atoms with Gasteiger partial charge < -0.3 is 9.67 Å². The van der Waals surface area contributed by atoms with Gasteiger partial charge in [0.25, 0.3) is 0 Å². The molecule has 0 unspecified atom stereocenters. The third-order valence-corrected chi connectivity index (χ3v) is 3.65. The van der Waals surface area contributed by atoms with Crippen LogP contribution in [0.4, 0.5) is 0 Å². The summed E-state index contributed by atoms with van der Waals surface area (Å²) in [4.78, 5) is 15.2. The largest absolute Gasteiger partial charge is 0.481 e. The lowest BCUT2D eigenvalue weighted by Gasteiger charge is -2.06. The summed E-state index contributed by atoms with van der Waals surface area (Å²) >= 11 is 3.41. The number of carboxylic acid groups (broad SMARTS) is 1. The maximum Gasteiger partial charge on any atom is 0.303 e. The Morgan fingerprint density at radius 3 is 2.84 bits per heavy atom. The molecule has 2 rings (SSSR count). The molecule has 4 nitrogen and oxygen atoms in total. The molecule has 5 heteroatoms. The highest BCUT2D eigenvalue weighted by Crippen LogP contribution is 2.26. The maximum absolute atomic E-state index is 10.7. The Labute approximate surface area is 120 Å². The standard InChI is InChI=1S/C14H15BrN2O2/c1-9-4-3-5-10(8-9)14-16-13(15)11(17(14)2)6-7-12(18)19/h3-5,8H,6-7H2,1-2H3,(H,18,19). The van der Waals surface area contributed by atoms with Crippen molar-refractivity contribution in [2.45, 2.75) is 19.8 Å². The third kappa shape index (κ3) is 3.04. The van der Waals surface area contributed by atoms with Crippen molar-refractivity contribution in [3.63, 3.8) is 0 Å². The zero-order valence-electron chi connectivity index (χ0n) is 10.9. The van der Waals surface area contributed by atoms with Gasteiger partial charge in [-0.2, -0.15) is 0 Å². The van der Waals surface area contributed by atoms with Crippen LogP contribution in [0.5, 0.6) is 0 Å². The van der Waals surface area contributed by atoms with Gasteiger partial charge in [0.2, 0.25) is 0 Å². The smallest absolute Gasteiger partial charge is 0.303 e. The molecule has 0 atom stereocenters. The van der Waals surface area contributed by atoms with E-state index >= 15 is 0 Å². The van der Waals surface area contributed by atoms with E-state index in [-0.39, 0.29) is 6.42 Å². The Kier molecular flexibility index (Phi) is 4.04.